The number of aliphatic imine (C=N–C) groups is 1. The lowest BCUT2D eigenvalue weighted by atomic mass is 10.0. The van der Waals surface area contributed by atoms with Gasteiger partial charge in [-0.2, -0.15) is 0 Å². The van der Waals surface area contributed by atoms with Crippen LogP contribution >= 0.6 is 27.5 Å². The Labute approximate surface area is 138 Å². The Morgan fingerprint density at radius 2 is 1.95 bits per heavy atom. The molecule has 2 N–H and O–H groups in total. The molecule has 6 heteroatoms. The Bertz CT molecular complexity index is 991. The molecule has 0 spiro atoms. The maximum atomic E-state index is 12.5. The number of nitrogens with one attached hydrogen (secondary N) is 1. The molecule has 0 aliphatic carbocycles. The van der Waals surface area contributed by atoms with E-state index in [-0.39, 0.29) is 17.4 Å². The number of carbonyl (C=O) groups excluding carboxylic acids is 1. The third-order valence-electron chi connectivity index (χ3n) is 3.68. The van der Waals surface area contributed by atoms with Crippen molar-refractivity contribution >= 4 is 55.6 Å². The van der Waals surface area contributed by atoms with E-state index in [0.717, 1.165) is 0 Å². The number of aromatic amines is 1. The number of hydrogen-bond acceptors (Lipinski definition) is 3. The SMILES string of the molecule is O=C1C(c2c(O)[nH]c3c(Br)c(Cl)ccc23)=Nc2ccccc21. The van der Waals surface area contributed by atoms with Crippen molar-refractivity contribution in [3.63, 3.8) is 0 Å². The van der Waals surface area contributed by atoms with E-state index in [1.165, 1.54) is 0 Å². The second-order valence-corrected chi connectivity index (χ2v) is 6.14. The van der Waals surface area contributed by atoms with Gasteiger partial charge in [0.15, 0.2) is 5.88 Å². The van der Waals surface area contributed by atoms with Gasteiger partial charge in [-0.15, -0.1) is 0 Å². The van der Waals surface area contributed by atoms with Gasteiger partial charge >= 0.3 is 0 Å². The van der Waals surface area contributed by atoms with Crippen molar-refractivity contribution in [2.45, 2.75) is 0 Å². The lowest BCUT2D eigenvalue weighted by Gasteiger charge is -2.00. The Hall–Kier alpha value is -2.11. The summed E-state index contributed by atoms with van der Waals surface area (Å²) in [7, 11) is 0. The van der Waals surface area contributed by atoms with Crippen molar-refractivity contribution in [1.82, 2.24) is 4.98 Å². The minimum atomic E-state index is -0.196. The first-order valence-corrected chi connectivity index (χ1v) is 7.66. The van der Waals surface area contributed by atoms with Crippen molar-refractivity contribution in [3.05, 3.63) is 57.0 Å². The van der Waals surface area contributed by atoms with Crippen LogP contribution in [0.2, 0.25) is 5.02 Å². The second-order valence-electron chi connectivity index (χ2n) is 4.94. The summed E-state index contributed by atoms with van der Waals surface area (Å²) in [6, 6.07) is 10.6. The average molecular weight is 376 g/mol. The summed E-state index contributed by atoms with van der Waals surface area (Å²) < 4.78 is 0.636. The first-order chi connectivity index (χ1) is 10.6. The largest absolute Gasteiger partial charge is 0.494 e. The van der Waals surface area contributed by atoms with E-state index in [2.05, 4.69) is 25.9 Å². The van der Waals surface area contributed by atoms with E-state index < -0.39 is 0 Å². The van der Waals surface area contributed by atoms with Crippen LogP contribution in [0.1, 0.15) is 15.9 Å². The zero-order valence-corrected chi connectivity index (χ0v) is 13.4. The number of halogens is 2. The number of nitrogens with zero attached hydrogens (tertiary/aromatic N) is 1. The van der Waals surface area contributed by atoms with Gasteiger partial charge < -0.3 is 10.1 Å². The summed E-state index contributed by atoms with van der Waals surface area (Å²) in [6.45, 7) is 0. The molecular weight excluding hydrogens is 368 g/mol. The van der Waals surface area contributed by atoms with E-state index in [1.807, 2.05) is 6.07 Å². The van der Waals surface area contributed by atoms with E-state index >= 15 is 0 Å². The van der Waals surface area contributed by atoms with Crippen LogP contribution in [0.3, 0.4) is 0 Å². The van der Waals surface area contributed by atoms with Gasteiger partial charge in [-0.25, -0.2) is 4.99 Å². The van der Waals surface area contributed by atoms with Gasteiger partial charge in [-0.1, -0.05) is 29.8 Å². The highest BCUT2D eigenvalue weighted by atomic mass is 79.9. The number of fused-ring (bicyclic) bond motifs is 2. The van der Waals surface area contributed by atoms with Gasteiger partial charge in [-0.3, -0.25) is 4.79 Å². The summed E-state index contributed by atoms with van der Waals surface area (Å²) in [5, 5.41) is 11.5. The number of aromatic nitrogens is 1. The molecule has 0 saturated carbocycles. The number of ketones is 1. The summed E-state index contributed by atoms with van der Waals surface area (Å²) in [5.41, 5.74) is 2.42. The number of H-pyrrole nitrogens is 1. The fourth-order valence-corrected chi connectivity index (χ4v) is 3.26. The number of para-hydroxylation sites is 1. The number of Topliss-reactive ketones (excluding diaryl/α,β-unsaturated/α-hetero) is 1. The van der Waals surface area contributed by atoms with Crippen LogP contribution < -0.4 is 0 Å². The minimum Gasteiger partial charge on any atom is -0.494 e. The molecule has 0 saturated heterocycles. The van der Waals surface area contributed by atoms with E-state index in [4.69, 9.17) is 11.6 Å². The molecule has 4 nitrogen and oxygen atoms in total. The van der Waals surface area contributed by atoms with Crippen LogP contribution in [0, 0.1) is 0 Å². The van der Waals surface area contributed by atoms with Crippen molar-refractivity contribution in [3.8, 4) is 5.88 Å². The molecule has 108 valence electrons. The normalized spacial score (nSPS) is 13.5. The van der Waals surface area contributed by atoms with E-state index in [9.17, 15) is 9.90 Å². The first-order valence-electron chi connectivity index (χ1n) is 6.49. The number of aromatic hydroxyl groups is 1. The van der Waals surface area contributed by atoms with Crippen LogP contribution in [0.5, 0.6) is 5.88 Å². The molecule has 0 fully saturated rings. The summed E-state index contributed by atoms with van der Waals surface area (Å²) in [6.07, 6.45) is 0. The Morgan fingerprint density at radius 1 is 1.18 bits per heavy atom. The van der Waals surface area contributed by atoms with Crippen LogP contribution in [0.25, 0.3) is 10.9 Å². The van der Waals surface area contributed by atoms with E-state index in [0.29, 0.717) is 37.2 Å². The topological polar surface area (TPSA) is 65.4 Å². The maximum absolute atomic E-state index is 12.5. The quantitative estimate of drug-likeness (QED) is 0.652. The van der Waals surface area contributed by atoms with E-state index in [1.54, 1.807) is 30.3 Å². The maximum Gasteiger partial charge on any atom is 0.214 e. The Kier molecular flexibility index (Phi) is 2.89. The molecule has 0 unspecified atom stereocenters. The molecule has 22 heavy (non-hydrogen) atoms. The number of carbonyl (C=O) groups is 1. The predicted octanol–water partition coefficient (Wildman–Crippen LogP) is 4.61. The van der Waals surface area contributed by atoms with Crippen LogP contribution in [0.15, 0.2) is 45.9 Å². The van der Waals surface area contributed by atoms with Crippen LogP contribution in [-0.2, 0) is 0 Å². The van der Waals surface area contributed by atoms with Gasteiger partial charge in [0, 0.05) is 10.9 Å². The Balaban J connectivity index is 1.99. The van der Waals surface area contributed by atoms with Gasteiger partial charge in [0.05, 0.1) is 26.3 Å². The smallest absolute Gasteiger partial charge is 0.214 e. The molecule has 2 aromatic carbocycles. The van der Waals surface area contributed by atoms with Gasteiger partial charge in [0.2, 0.25) is 5.78 Å². The van der Waals surface area contributed by atoms with Gasteiger partial charge in [0.1, 0.15) is 5.71 Å². The van der Waals surface area contributed by atoms with Crippen molar-refractivity contribution in [2.75, 3.05) is 0 Å². The van der Waals surface area contributed by atoms with Gasteiger partial charge in [-0.05, 0) is 34.1 Å². The number of rotatable bonds is 1. The summed E-state index contributed by atoms with van der Waals surface area (Å²) >= 11 is 9.45. The zero-order chi connectivity index (χ0) is 15.4. The minimum absolute atomic E-state index is 0.0992. The predicted molar refractivity (Wildman–Crippen MR) is 89.6 cm³/mol. The molecule has 4 rings (SSSR count). The fourth-order valence-electron chi connectivity index (χ4n) is 2.66. The highest BCUT2D eigenvalue weighted by molar-refractivity contribution is 9.10. The third kappa shape index (κ3) is 1.76. The molecule has 0 bridgehead atoms. The lowest BCUT2D eigenvalue weighted by Crippen LogP contribution is -2.10. The molecule has 1 aliphatic rings. The molecule has 1 aromatic heterocycles. The highest BCUT2D eigenvalue weighted by Crippen LogP contribution is 2.39. The van der Waals surface area contributed by atoms with Crippen molar-refractivity contribution in [2.24, 2.45) is 4.99 Å². The molecule has 0 atom stereocenters. The molecular formula is C16H8BrClN2O2. The monoisotopic (exact) mass is 374 g/mol. The summed E-state index contributed by atoms with van der Waals surface area (Å²) in [4.78, 5) is 19.8. The Morgan fingerprint density at radius 3 is 2.73 bits per heavy atom. The first kappa shape index (κ1) is 13.5. The molecule has 3 aromatic rings. The third-order valence-corrected chi connectivity index (χ3v) is 5.04. The summed E-state index contributed by atoms with van der Waals surface area (Å²) in [5.74, 6) is -0.296. The molecule has 1 aliphatic heterocycles. The molecule has 0 radical (unpaired) electrons. The molecule has 0 amide bonds. The van der Waals surface area contributed by atoms with Crippen molar-refractivity contribution < 1.29 is 9.90 Å². The standard InChI is InChI=1S/C16H8BrClN2O2/c17-12-9(18)6-5-8-11(16(22)20-13(8)12)14-15(21)7-3-1-2-4-10(7)19-14/h1-6,20,22H. The number of hydrogen-bond donors (Lipinski definition) is 2. The zero-order valence-electron chi connectivity index (χ0n) is 11.0. The van der Waals surface area contributed by atoms with Crippen LogP contribution in [-0.4, -0.2) is 21.6 Å². The lowest BCUT2D eigenvalue weighted by molar-refractivity contribution is 0.107. The average Bonchev–Trinajstić information content (AvgIpc) is 3.01. The van der Waals surface area contributed by atoms with Gasteiger partial charge in [0.25, 0.3) is 0 Å². The second kappa shape index (κ2) is 4.69. The highest BCUT2D eigenvalue weighted by Gasteiger charge is 2.30. The van der Waals surface area contributed by atoms with Crippen molar-refractivity contribution in [1.29, 1.82) is 0 Å². The van der Waals surface area contributed by atoms with Crippen LogP contribution in [0.4, 0.5) is 5.69 Å². The molecule has 2 heterocycles. The fraction of sp³-hybridized carbons (Fsp3) is 0. The number of benzene rings is 2.